The van der Waals surface area contributed by atoms with E-state index in [9.17, 15) is 24.0 Å². The van der Waals surface area contributed by atoms with Gasteiger partial charge >= 0.3 is 0 Å². The number of amidine groups is 1. The van der Waals surface area contributed by atoms with Gasteiger partial charge in [-0.25, -0.2) is 9.98 Å². The predicted octanol–water partition coefficient (Wildman–Crippen LogP) is 7.50. The second kappa shape index (κ2) is 19.5. The van der Waals surface area contributed by atoms with E-state index in [2.05, 4.69) is 24.1 Å². The van der Waals surface area contributed by atoms with Gasteiger partial charge in [-0.1, -0.05) is 78.3 Å². The van der Waals surface area contributed by atoms with Gasteiger partial charge in [0, 0.05) is 50.3 Å². The molecule has 3 heterocycles. The van der Waals surface area contributed by atoms with Crippen molar-refractivity contribution in [3.05, 3.63) is 23.4 Å². The highest BCUT2D eigenvalue weighted by atomic mass is 35.5. The molecule has 1 N–H and O–H groups in total. The minimum atomic E-state index is -0.876. The maximum atomic E-state index is 14.6. The zero-order valence-corrected chi connectivity index (χ0v) is 34.3. The van der Waals surface area contributed by atoms with E-state index in [4.69, 9.17) is 26.1 Å². The first-order valence-corrected chi connectivity index (χ1v) is 20.6. The van der Waals surface area contributed by atoms with Crippen LogP contribution in [0, 0.1) is 23.2 Å². The van der Waals surface area contributed by atoms with Crippen molar-refractivity contribution < 1.29 is 33.4 Å². The number of hydrogen-bond donors (Lipinski definition) is 1. The first-order valence-electron chi connectivity index (χ1n) is 20.2. The van der Waals surface area contributed by atoms with E-state index in [1.54, 1.807) is 12.1 Å². The number of hydrogen-bond acceptors (Lipinski definition) is 9. The molecule has 4 fully saturated rings. The average Bonchev–Trinajstić information content (AvgIpc) is 3.74. The summed E-state index contributed by atoms with van der Waals surface area (Å²) in [5, 5.41) is 3.73. The standard InChI is InChI=1S/C38H53ClN4O7.C4H10/c1-37(2,3)27(19-32(47)34(24-9-7-6-8-10-24)41-36-42-38(4,5)22-49-36)35(48)43-21-26(50-33-16-13-25(39)20-40-33)18-28(43)29(44)14-15-30(45)31(46)17-23-11-12-23;1-3-4-2/h13,16,20,23-24,26-28,34H,6-12,14-15,17-19,21-22H2,1-5H3,(H,41,42);3-4H2,1-2H3/t26-,27-,28+,34+;/m1./s1. The number of ketones is 4. The van der Waals surface area contributed by atoms with Crippen LogP contribution < -0.4 is 10.1 Å². The quantitative estimate of drug-likeness (QED) is 0.169. The number of likely N-dealkylation sites (tertiary alicyclic amines) is 1. The third-order valence-electron chi connectivity index (χ3n) is 10.9. The van der Waals surface area contributed by atoms with Crippen molar-refractivity contribution in [2.24, 2.45) is 28.2 Å². The number of Topliss-reactive ketones (excluding diaryl/α,β-unsaturated/α-hetero) is 4. The lowest BCUT2D eigenvalue weighted by atomic mass is 9.74. The molecule has 1 amide bonds. The highest BCUT2D eigenvalue weighted by Crippen LogP contribution is 2.37. The number of pyridine rings is 1. The van der Waals surface area contributed by atoms with Crippen molar-refractivity contribution in [2.75, 3.05) is 13.2 Å². The van der Waals surface area contributed by atoms with Crippen LogP contribution in [0.4, 0.5) is 0 Å². The average molecular weight is 771 g/mol. The number of ether oxygens (including phenoxy) is 2. The van der Waals surface area contributed by atoms with Gasteiger partial charge in [0.2, 0.25) is 11.8 Å². The van der Waals surface area contributed by atoms with Gasteiger partial charge < -0.3 is 19.7 Å². The predicted molar refractivity (Wildman–Crippen MR) is 209 cm³/mol. The van der Waals surface area contributed by atoms with Crippen molar-refractivity contribution in [3.8, 4) is 5.88 Å². The van der Waals surface area contributed by atoms with Crippen molar-refractivity contribution >= 4 is 46.7 Å². The van der Waals surface area contributed by atoms with Crippen LogP contribution in [0.15, 0.2) is 23.3 Å². The fraction of sp³-hybridized carbons (Fsp3) is 0.738. The second-order valence-corrected chi connectivity index (χ2v) is 17.9. The van der Waals surface area contributed by atoms with E-state index in [1.165, 1.54) is 23.9 Å². The Morgan fingerprint density at radius 2 is 1.70 bits per heavy atom. The molecule has 4 aliphatic rings. The fourth-order valence-corrected chi connectivity index (χ4v) is 7.37. The summed E-state index contributed by atoms with van der Waals surface area (Å²) in [5.74, 6) is -1.83. The van der Waals surface area contributed by atoms with Crippen LogP contribution in [0.1, 0.15) is 138 Å². The minimum Gasteiger partial charge on any atom is -0.472 e. The summed E-state index contributed by atoms with van der Waals surface area (Å²) >= 11 is 6.01. The molecule has 2 aliphatic carbocycles. The number of halogens is 1. The van der Waals surface area contributed by atoms with E-state index in [1.807, 2.05) is 34.6 Å². The minimum absolute atomic E-state index is 0.0422. The number of nitrogens with zero attached hydrogens (tertiary/aromatic N) is 3. The molecule has 0 unspecified atom stereocenters. The topological polar surface area (TPSA) is 144 Å². The smallest absolute Gasteiger partial charge is 0.285 e. The summed E-state index contributed by atoms with van der Waals surface area (Å²) in [7, 11) is 0. The summed E-state index contributed by atoms with van der Waals surface area (Å²) in [6, 6.07) is 2.12. The molecule has 54 heavy (non-hydrogen) atoms. The number of nitrogens with one attached hydrogen (secondary N) is 1. The van der Waals surface area contributed by atoms with Crippen LogP contribution in [0.25, 0.3) is 0 Å². The van der Waals surface area contributed by atoms with Gasteiger partial charge in [0.15, 0.2) is 23.1 Å². The van der Waals surface area contributed by atoms with Gasteiger partial charge in [0.1, 0.15) is 18.8 Å². The molecule has 1 aromatic heterocycles. The van der Waals surface area contributed by atoms with E-state index in [0.717, 1.165) is 44.9 Å². The summed E-state index contributed by atoms with van der Waals surface area (Å²) in [6.45, 7) is 14.7. The Kier molecular flexibility index (Phi) is 15.7. The normalized spacial score (nSPS) is 23.0. The van der Waals surface area contributed by atoms with Crippen molar-refractivity contribution in [3.63, 3.8) is 0 Å². The van der Waals surface area contributed by atoms with E-state index in [-0.39, 0.29) is 73.5 Å². The molecule has 300 valence electrons. The van der Waals surface area contributed by atoms with Crippen LogP contribution in [0.5, 0.6) is 5.88 Å². The summed E-state index contributed by atoms with van der Waals surface area (Å²) < 4.78 is 11.9. The maximum Gasteiger partial charge on any atom is 0.285 e. The number of carbonyl (C=O) groups is 5. The molecule has 2 saturated heterocycles. The van der Waals surface area contributed by atoms with Gasteiger partial charge in [0.25, 0.3) is 6.02 Å². The molecule has 0 radical (unpaired) electrons. The SMILES string of the molecule is CC1(C)COC(=N[C@H](C(=O)C[C@H](C(=O)N2C[C@H](Oc3ccc(Cl)cn3)C[C@H]2C(=O)CCC(=O)C(=O)CC2CC2)C(C)(C)C)C2CCCCC2)N1.CCCC. The molecule has 4 atom stereocenters. The number of rotatable bonds is 16. The highest BCUT2D eigenvalue weighted by molar-refractivity contribution is 6.37. The molecule has 5 rings (SSSR count). The number of amides is 1. The van der Waals surface area contributed by atoms with Crippen molar-refractivity contribution in [1.82, 2.24) is 15.2 Å². The zero-order chi connectivity index (χ0) is 39.6. The summed E-state index contributed by atoms with van der Waals surface area (Å²) in [6.07, 6.45) is 10.4. The Hall–Kier alpha value is -3.34. The molecule has 2 saturated carbocycles. The Morgan fingerprint density at radius 1 is 1.02 bits per heavy atom. The third kappa shape index (κ3) is 12.9. The molecule has 11 nitrogen and oxygen atoms in total. The number of aromatic nitrogens is 1. The Balaban J connectivity index is 0.00000155. The Bertz CT molecular complexity index is 1490. The molecule has 1 aromatic rings. The molecule has 12 heteroatoms. The highest BCUT2D eigenvalue weighted by Gasteiger charge is 2.46. The van der Waals surface area contributed by atoms with E-state index in [0.29, 0.717) is 23.5 Å². The molecule has 2 aliphatic heterocycles. The van der Waals surface area contributed by atoms with Crippen LogP contribution in [-0.2, 0) is 28.7 Å². The summed E-state index contributed by atoms with van der Waals surface area (Å²) in [4.78, 5) is 78.2. The third-order valence-corrected chi connectivity index (χ3v) is 11.2. The lowest BCUT2D eigenvalue weighted by molar-refractivity contribution is -0.146. The lowest BCUT2D eigenvalue weighted by Crippen LogP contribution is -2.48. The zero-order valence-electron chi connectivity index (χ0n) is 33.6. The van der Waals surface area contributed by atoms with Gasteiger partial charge in [0.05, 0.1) is 23.1 Å². The molecular formula is C42H63ClN4O7. The number of carbonyl (C=O) groups excluding carboxylic acids is 5. The Labute approximate surface area is 327 Å². The largest absolute Gasteiger partial charge is 0.472 e. The molecule has 0 spiro atoms. The monoisotopic (exact) mass is 770 g/mol. The van der Waals surface area contributed by atoms with Crippen molar-refractivity contribution in [2.45, 2.75) is 162 Å². The number of unbranched alkanes of at least 4 members (excludes halogenated alkanes) is 1. The molecule has 0 aromatic carbocycles. The van der Waals surface area contributed by atoms with Crippen LogP contribution in [0.3, 0.4) is 0 Å². The van der Waals surface area contributed by atoms with Gasteiger partial charge in [-0.15, -0.1) is 0 Å². The van der Waals surface area contributed by atoms with Crippen LogP contribution >= 0.6 is 11.6 Å². The van der Waals surface area contributed by atoms with Crippen LogP contribution in [0.2, 0.25) is 5.02 Å². The lowest BCUT2D eigenvalue weighted by Gasteiger charge is -2.36. The number of aliphatic imine (C=N–C) groups is 1. The summed E-state index contributed by atoms with van der Waals surface area (Å²) in [5.41, 5.74) is -0.925. The first kappa shape index (κ1) is 43.4. The van der Waals surface area contributed by atoms with Gasteiger partial charge in [-0.2, -0.15) is 0 Å². The first-order chi connectivity index (χ1) is 25.5. The van der Waals surface area contributed by atoms with Gasteiger partial charge in [-0.05, 0) is 62.8 Å². The molecular weight excluding hydrogens is 708 g/mol. The second-order valence-electron chi connectivity index (χ2n) is 17.4. The Morgan fingerprint density at radius 3 is 2.26 bits per heavy atom. The van der Waals surface area contributed by atoms with Crippen molar-refractivity contribution in [1.29, 1.82) is 0 Å². The maximum absolute atomic E-state index is 14.6. The van der Waals surface area contributed by atoms with Crippen LogP contribution in [-0.4, -0.2) is 81.8 Å². The van der Waals surface area contributed by atoms with E-state index >= 15 is 0 Å². The molecule has 0 bridgehead atoms. The van der Waals surface area contributed by atoms with E-state index < -0.39 is 41.1 Å². The fourth-order valence-electron chi connectivity index (χ4n) is 7.26. The van der Waals surface area contributed by atoms with Gasteiger partial charge in [-0.3, -0.25) is 24.0 Å².